The molecule has 0 saturated heterocycles. The van der Waals surface area contributed by atoms with Crippen LogP contribution in [0.25, 0.3) is 11.3 Å². The van der Waals surface area contributed by atoms with E-state index in [1.54, 1.807) is 20.3 Å². The fourth-order valence-electron chi connectivity index (χ4n) is 2.00. The number of methoxy groups -OCH3 is 2. The molecule has 1 N–H and O–H groups in total. The van der Waals surface area contributed by atoms with E-state index in [1.807, 2.05) is 31.2 Å². The quantitative estimate of drug-likeness (QED) is 0.850. The van der Waals surface area contributed by atoms with Gasteiger partial charge in [0, 0.05) is 18.7 Å². The van der Waals surface area contributed by atoms with Crippen LogP contribution in [0.3, 0.4) is 0 Å². The Morgan fingerprint density at radius 2 is 2.05 bits per heavy atom. The zero-order valence-corrected chi connectivity index (χ0v) is 13.0. The second-order valence-electron chi connectivity index (χ2n) is 4.84. The first kappa shape index (κ1) is 16.0. The van der Waals surface area contributed by atoms with E-state index >= 15 is 0 Å². The Bertz CT molecular complexity index is 607. The van der Waals surface area contributed by atoms with Crippen molar-refractivity contribution in [1.82, 2.24) is 10.5 Å². The number of nitrogens with one attached hydrogen (secondary N) is 1. The monoisotopic (exact) mass is 304 g/mol. The van der Waals surface area contributed by atoms with Crippen LogP contribution >= 0.6 is 0 Å². The number of carbonyl (C=O) groups excluding carboxylic acids is 1. The van der Waals surface area contributed by atoms with Gasteiger partial charge >= 0.3 is 0 Å². The Hall–Kier alpha value is -2.34. The molecule has 0 saturated carbocycles. The Kier molecular flexibility index (Phi) is 5.55. The predicted octanol–water partition coefficient (Wildman–Crippen LogP) is 2.51. The van der Waals surface area contributed by atoms with Gasteiger partial charge in [-0.2, -0.15) is 0 Å². The van der Waals surface area contributed by atoms with Gasteiger partial charge in [0.1, 0.15) is 5.75 Å². The van der Waals surface area contributed by atoms with Crippen molar-refractivity contribution in [2.45, 2.75) is 19.4 Å². The van der Waals surface area contributed by atoms with Crippen molar-refractivity contribution in [3.05, 3.63) is 36.0 Å². The Labute approximate surface area is 129 Å². The number of aromatic nitrogens is 1. The number of nitrogens with zero attached hydrogens (tertiary/aromatic N) is 1. The van der Waals surface area contributed by atoms with Gasteiger partial charge in [-0.15, -0.1) is 0 Å². The molecule has 1 amide bonds. The van der Waals surface area contributed by atoms with Gasteiger partial charge in [0.25, 0.3) is 5.91 Å². The summed E-state index contributed by atoms with van der Waals surface area (Å²) >= 11 is 0. The first-order valence-corrected chi connectivity index (χ1v) is 7.08. The van der Waals surface area contributed by atoms with Crippen molar-refractivity contribution in [2.24, 2.45) is 0 Å². The molecule has 0 spiro atoms. The van der Waals surface area contributed by atoms with Crippen LogP contribution in [0.4, 0.5) is 0 Å². The lowest BCUT2D eigenvalue weighted by molar-refractivity contribution is 0.0886. The fraction of sp³-hybridized carbons (Fsp3) is 0.375. The standard InChI is InChI=1S/C16H20N2O4/c1-4-12(10-20-2)17-16(19)14-9-15(22-18-14)11-5-7-13(21-3)8-6-11/h5-9,12H,4,10H2,1-3H3,(H,17,19)/t12-/m1/s1. The van der Waals surface area contributed by atoms with Crippen LogP contribution in [0.15, 0.2) is 34.9 Å². The van der Waals surface area contributed by atoms with Crippen molar-refractivity contribution in [3.8, 4) is 17.1 Å². The van der Waals surface area contributed by atoms with Gasteiger partial charge in [0.15, 0.2) is 11.5 Å². The molecular weight excluding hydrogens is 284 g/mol. The summed E-state index contributed by atoms with van der Waals surface area (Å²) in [6.07, 6.45) is 0.781. The smallest absolute Gasteiger partial charge is 0.273 e. The first-order chi connectivity index (χ1) is 10.7. The zero-order chi connectivity index (χ0) is 15.9. The van der Waals surface area contributed by atoms with Gasteiger partial charge in [-0.25, -0.2) is 0 Å². The number of amides is 1. The Morgan fingerprint density at radius 1 is 1.32 bits per heavy atom. The van der Waals surface area contributed by atoms with E-state index in [9.17, 15) is 4.79 Å². The molecule has 0 aliphatic carbocycles. The molecule has 1 atom stereocenters. The summed E-state index contributed by atoms with van der Waals surface area (Å²) in [6.45, 7) is 2.45. The molecule has 0 fully saturated rings. The number of benzene rings is 1. The zero-order valence-electron chi connectivity index (χ0n) is 13.0. The van der Waals surface area contributed by atoms with E-state index in [0.717, 1.165) is 17.7 Å². The minimum absolute atomic E-state index is 0.0429. The van der Waals surface area contributed by atoms with Crippen molar-refractivity contribution in [1.29, 1.82) is 0 Å². The molecule has 0 bridgehead atoms. The maximum absolute atomic E-state index is 12.1. The van der Waals surface area contributed by atoms with Crippen LogP contribution in [0, 0.1) is 0 Å². The largest absolute Gasteiger partial charge is 0.497 e. The van der Waals surface area contributed by atoms with Crippen molar-refractivity contribution in [2.75, 3.05) is 20.8 Å². The van der Waals surface area contributed by atoms with Crippen LogP contribution in [0.2, 0.25) is 0 Å². The average Bonchev–Trinajstić information content (AvgIpc) is 3.04. The Morgan fingerprint density at radius 3 is 2.64 bits per heavy atom. The fourth-order valence-corrected chi connectivity index (χ4v) is 2.00. The van der Waals surface area contributed by atoms with Crippen LogP contribution < -0.4 is 10.1 Å². The number of hydrogen-bond acceptors (Lipinski definition) is 5. The molecule has 1 heterocycles. The lowest BCUT2D eigenvalue weighted by Gasteiger charge is -2.14. The third kappa shape index (κ3) is 3.85. The number of rotatable bonds is 7. The minimum atomic E-state index is -0.271. The van der Waals surface area contributed by atoms with Gasteiger partial charge < -0.3 is 19.3 Å². The molecule has 0 radical (unpaired) electrons. The van der Waals surface area contributed by atoms with E-state index in [4.69, 9.17) is 14.0 Å². The molecule has 1 aromatic heterocycles. The lowest BCUT2D eigenvalue weighted by atomic mass is 10.1. The van der Waals surface area contributed by atoms with Crippen molar-refractivity contribution < 1.29 is 18.8 Å². The summed E-state index contributed by atoms with van der Waals surface area (Å²) in [4.78, 5) is 12.1. The molecule has 0 aliphatic rings. The second-order valence-corrected chi connectivity index (χ2v) is 4.84. The van der Waals surface area contributed by atoms with E-state index in [0.29, 0.717) is 12.4 Å². The summed E-state index contributed by atoms with van der Waals surface area (Å²) in [7, 11) is 3.21. The maximum atomic E-state index is 12.1. The van der Waals surface area contributed by atoms with Crippen LogP contribution in [0.5, 0.6) is 5.75 Å². The Balaban J connectivity index is 2.08. The second kappa shape index (κ2) is 7.61. The first-order valence-electron chi connectivity index (χ1n) is 7.08. The predicted molar refractivity (Wildman–Crippen MR) is 81.9 cm³/mol. The van der Waals surface area contributed by atoms with E-state index < -0.39 is 0 Å². The van der Waals surface area contributed by atoms with E-state index in [1.165, 1.54) is 0 Å². The summed E-state index contributed by atoms with van der Waals surface area (Å²) in [6, 6.07) is 8.92. The highest BCUT2D eigenvalue weighted by Gasteiger charge is 2.17. The third-order valence-electron chi connectivity index (χ3n) is 3.31. The van der Waals surface area contributed by atoms with Gasteiger partial charge in [-0.1, -0.05) is 12.1 Å². The molecule has 22 heavy (non-hydrogen) atoms. The topological polar surface area (TPSA) is 73.6 Å². The van der Waals surface area contributed by atoms with Gasteiger partial charge in [0.05, 0.1) is 19.8 Å². The average molecular weight is 304 g/mol. The molecule has 0 aliphatic heterocycles. The molecular formula is C16H20N2O4. The molecule has 6 heteroatoms. The van der Waals surface area contributed by atoms with Gasteiger partial charge in [0.2, 0.25) is 0 Å². The van der Waals surface area contributed by atoms with Gasteiger partial charge in [-0.3, -0.25) is 4.79 Å². The number of ether oxygens (including phenoxy) is 2. The SMILES string of the molecule is CC[C@H](COC)NC(=O)c1cc(-c2ccc(OC)cc2)on1. The molecule has 6 nitrogen and oxygen atoms in total. The van der Waals surface area contributed by atoms with Crippen LogP contribution in [-0.4, -0.2) is 37.9 Å². The molecule has 2 rings (SSSR count). The molecule has 118 valence electrons. The molecule has 1 aromatic carbocycles. The normalized spacial score (nSPS) is 12.0. The van der Waals surface area contributed by atoms with Crippen molar-refractivity contribution >= 4 is 5.91 Å². The summed E-state index contributed by atoms with van der Waals surface area (Å²) in [5.41, 5.74) is 1.08. The number of hydrogen-bond donors (Lipinski definition) is 1. The lowest BCUT2D eigenvalue weighted by Crippen LogP contribution is -2.37. The van der Waals surface area contributed by atoms with Crippen LogP contribution in [0.1, 0.15) is 23.8 Å². The molecule has 2 aromatic rings. The van der Waals surface area contributed by atoms with Crippen LogP contribution in [-0.2, 0) is 4.74 Å². The highest BCUT2D eigenvalue weighted by molar-refractivity contribution is 5.93. The third-order valence-corrected chi connectivity index (χ3v) is 3.31. The van der Waals surface area contributed by atoms with Crippen molar-refractivity contribution in [3.63, 3.8) is 0 Å². The highest BCUT2D eigenvalue weighted by atomic mass is 16.5. The molecule has 0 unspecified atom stereocenters. The summed E-state index contributed by atoms with van der Waals surface area (Å²) < 4.78 is 15.4. The minimum Gasteiger partial charge on any atom is -0.497 e. The maximum Gasteiger partial charge on any atom is 0.273 e. The number of carbonyl (C=O) groups is 1. The van der Waals surface area contributed by atoms with Gasteiger partial charge in [-0.05, 0) is 30.7 Å². The summed E-state index contributed by atoms with van der Waals surface area (Å²) in [5, 5.41) is 6.68. The van der Waals surface area contributed by atoms with E-state index in [-0.39, 0.29) is 17.6 Å². The highest BCUT2D eigenvalue weighted by Crippen LogP contribution is 2.23. The summed E-state index contributed by atoms with van der Waals surface area (Å²) in [5.74, 6) is 1.02. The van der Waals surface area contributed by atoms with E-state index in [2.05, 4.69) is 10.5 Å².